The van der Waals surface area contributed by atoms with Crippen LogP contribution < -0.4 is 5.56 Å². The molecule has 0 aliphatic heterocycles. The second-order valence-electron chi connectivity index (χ2n) is 5.96. The first-order valence-corrected chi connectivity index (χ1v) is 11.7. The third-order valence-corrected chi connectivity index (χ3v) is 7.00. The van der Waals surface area contributed by atoms with E-state index in [0.717, 1.165) is 6.26 Å². The van der Waals surface area contributed by atoms with Crippen LogP contribution in [0.25, 0.3) is 15.9 Å². The SMILES string of the molecule is Cn1c(SCc2nnnn2-c2ccc(S(C)(=O)=O)cc2)nc2sccc2c1=O. The van der Waals surface area contributed by atoms with E-state index in [1.807, 2.05) is 5.38 Å². The van der Waals surface area contributed by atoms with E-state index in [-0.39, 0.29) is 10.5 Å². The van der Waals surface area contributed by atoms with Crippen LogP contribution in [0.1, 0.15) is 5.82 Å². The Morgan fingerprint density at radius 3 is 2.64 bits per heavy atom. The standard InChI is InChI=1S/C16H14N6O3S3/c1-21-15(23)12-7-8-26-14(12)17-16(21)27-9-13-18-19-20-22(13)10-3-5-11(6-4-10)28(2,24)25/h3-8H,9H2,1-2H3. The lowest BCUT2D eigenvalue weighted by Crippen LogP contribution is -2.19. The van der Waals surface area contributed by atoms with Gasteiger partial charge in [0.1, 0.15) is 4.83 Å². The molecule has 9 nitrogen and oxygen atoms in total. The normalized spacial score (nSPS) is 11.9. The summed E-state index contributed by atoms with van der Waals surface area (Å²) in [5, 5.41) is 14.7. The van der Waals surface area contributed by atoms with Gasteiger partial charge in [-0.15, -0.1) is 16.4 Å². The number of thioether (sulfide) groups is 1. The molecular formula is C16H14N6O3S3. The monoisotopic (exact) mass is 434 g/mol. The van der Waals surface area contributed by atoms with Crippen molar-refractivity contribution in [2.45, 2.75) is 15.8 Å². The molecule has 0 bridgehead atoms. The van der Waals surface area contributed by atoms with E-state index < -0.39 is 9.84 Å². The topological polar surface area (TPSA) is 113 Å². The van der Waals surface area contributed by atoms with Crippen LogP contribution in [-0.4, -0.2) is 44.4 Å². The van der Waals surface area contributed by atoms with E-state index in [1.54, 1.807) is 25.2 Å². The highest BCUT2D eigenvalue weighted by Gasteiger charge is 2.14. The number of fused-ring (bicyclic) bond motifs is 1. The highest BCUT2D eigenvalue weighted by molar-refractivity contribution is 7.98. The van der Waals surface area contributed by atoms with Crippen LogP contribution in [0.3, 0.4) is 0 Å². The largest absolute Gasteiger partial charge is 0.290 e. The molecule has 4 aromatic rings. The lowest BCUT2D eigenvalue weighted by Gasteiger charge is -2.08. The average Bonchev–Trinajstić information content (AvgIpc) is 3.32. The number of sulfone groups is 1. The summed E-state index contributed by atoms with van der Waals surface area (Å²) in [4.78, 5) is 17.9. The van der Waals surface area contributed by atoms with Gasteiger partial charge in [-0.1, -0.05) is 11.8 Å². The van der Waals surface area contributed by atoms with Crippen LogP contribution in [-0.2, 0) is 22.6 Å². The van der Waals surface area contributed by atoms with Crippen molar-refractivity contribution in [3.63, 3.8) is 0 Å². The van der Waals surface area contributed by atoms with Gasteiger partial charge in [0.05, 0.1) is 21.7 Å². The number of tetrazole rings is 1. The highest BCUT2D eigenvalue weighted by Crippen LogP contribution is 2.23. The molecule has 0 amide bonds. The van der Waals surface area contributed by atoms with Gasteiger partial charge >= 0.3 is 0 Å². The molecule has 0 unspecified atom stereocenters. The molecule has 0 saturated carbocycles. The summed E-state index contributed by atoms with van der Waals surface area (Å²) in [5.41, 5.74) is 0.549. The number of aromatic nitrogens is 6. The maximum absolute atomic E-state index is 12.4. The molecule has 0 aliphatic carbocycles. The molecule has 3 aromatic heterocycles. The quantitative estimate of drug-likeness (QED) is 0.344. The third kappa shape index (κ3) is 3.45. The Kier molecular flexibility index (Phi) is 4.77. The Morgan fingerprint density at radius 2 is 1.93 bits per heavy atom. The minimum Gasteiger partial charge on any atom is -0.290 e. The van der Waals surface area contributed by atoms with E-state index in [2.05, 4.69) is 20.5 Å². The molecule has 4 rings (SSSR count). The number of hydrogen-bond acceptors (Lipinski definition) is 9. The smallest absolute Gasteiger partial charge is 0.262 e. The van der Waals surface area contributed by atoms with Crippen molar-refractivity contribution >= 4 is 43.2 Å². The Morgan fingerprint density at radius 1 is 1.18 bits per heavy atom. The number of nitrogens with zero attached hydrogens (tertiary/aromatic N) is 6. The molecule has 0 aliphatic rings. The minimum atomic E-state index is -3.27. The molecule has 0 N–H and O–H groups in total. The molecule has 0 atom stereocenters. The fourth-order valence-corrected chi connectivity index (χ4v) is 4.88. The first kappa shape index (κ1) is 18.8. The summed E-state index contributed by atoms with van der Waals surface area (Å²) in [6.07, 6.45) is 1.16. The maximum Gasteiger partial charge on any atom is 0.262 e. The summed E-state index contributed by atoms with van der Waals surface area (Å²) < 4.78 is 26.2. The van der Waals surface area contributed by atoms with Gasteiger partial charge in [-0.2, -0.15) is 4.68 Å². The number of rotatable bonds is 5. The van der Waals surface area contributed by atoms with Crippen LogP contribution >= 0.6 is 23.1 Å². The lowest BCUT2D eigenvalue weighted by molar-refractivity contribution is 0.602. The Bertz CT molecular complexity index is 1320. The van der Waals surface area contributed by atoms with E-state index >= 15 is 0 Å². The fourth-order valence-electron chi connectivity index (χ4n) is 2.57. The van der Waals surface area contributed by atoms with Gasteiger partial charge in [-0.25, -0.2) is 13.4 Å². The third-order valence-electron chi connectivity index (χ3n) is 4.04. The number of thiophene rings is 1. The van der Waals surface area contributed by atoms with Crippen LogP contribution in [0, 0.1) is 0 Å². The average molecular weight is 435 g/mol. The summed E-state index contributed by atoms with van der Waals surface area (Å²) in [7, 11) is -1.59. The van der Waals surface area contributed by atoms with Gasteiger partial charge in [-0.3, -0.25) is 9.36 Å². The lowest BCUT2D eigenvalue weighted by atomic mass is 10.3. The van der Waals surface area contributed by atoms with Crippen LogP contribution in [0.5, 0.6) is 0 Å². The Hall–Kier alpha value is -2.57. The first-order chi connectivity index (χ1) is 13.3. The minimum absolute atomic E-state index is 0.0929. The summed E-state index contributed by atoms with van der Waals surface area (Å²) >= 11 is 2.77. The van der Waals surface area contributed by atoms with Crippen molar-refractivity contribution in [2.75, 3.05) is 6.26 Å². The summed E-state index contributed by atoms with van der Waals surface area (Å²) in [6, 6.07) is 8.09. The highest BCUT2D eigenvalue weighted by atomic mass is 32.2. The van der Waals surface area contributed by atoms with Crippen LogP contribution in [0.15, 0.2) is 50.6 Å². The van der Waals surface area contributed by atoms with Crippen molar-refractivity contribution in [3.8, 4) is 5.69 Å². The molecule has 0 fully saturated rings. The van der Waals surface area contributed by atoms with E-state index in [0.29, 0.717) is 32.6 Å². The zero-order valence-electron chi connectivity index (χ0n) is 14.8. The van der Waals surface area contributed by atoms with E-state index in [4.69, 9.17) is 0 Å². The van der Waals surface area contributed by atoms with Crippen molar-refractivity contribution in [3.05, 3.63) is 51.9 Å². The molecule has 1 aromatic carbocycles. The first-order valence-electron chi connectivity index (χ1n) is 7.99. The molecule has 3 heterocycles. The second kappa shape index (κ2) is 7.11. The molecule has 0 spiro atoms. The Labute approximate surface area is 168 Å². The van der Waals surface area contributed by atoms with Gasteiger partial charge in [0.15, 0.2) is 20.8 Å². The van der Waals surface area contributed by atoms with Gasteiger partial charge in [-0.05, 0) is 46.1 Å². The van der Waals surface area contributed by atoms with E-state index in [1.165, 1.54) is 44.5 Å². The number of hydrogen-bond donors (Lipinski definition) is 0. The predicted molar refractivity (Wildman–Crippen MR) is 107 cm³/mol. The van der Waals surface area contributed by atoms with Gasteiger partial charge in [0.25, 0.3) is 5.56 Å². The molecular weight excluding hydrogens is 420 g/mol. The molecule has 12 heteroatoms. The van der Waals surface area contributed by atoms with Crippen molar-refractivity contribution in [2.24, 2.45) is 7.05 Å². The Balaban J connectivity index is 1.61. The van der Waals surface area contributed by atoms with Gasteiger partial charge < -0.3 is 0 Å². The zero-order valence-corrected chi connectivity index (χ0v) is 17.3. The molecule has 144 valence electrons. The van der Waals surface area contributed by atoms with Crippen molar-refractivity contribution in [1.29, 1.82) is 0 Å². The van der Waals surface area contributed by atoms with Gasteiger partial charge in [0, 0.05) is 13.3 Å². The molecule has 0 saturated heterocycles. The van der Waals surface area contributed by atoms with Crippen LogP contribution in [0.2, 0.25) is 0 Å². The van der Waals surface area contributed by atoms with Crippen LogP contribution in [0.4, 0.5) is 0 Å². The zero-order chi connectivity index (χ0) is 19.9. The van der Waals surface area contributed by atoms with Crippen molar-refractivity contribution in [1.82, 2.24) is 29.8 Å². The molecule has 0 radical (unpaired) electrons. The summed E-state index contributed by atoms with van der Waals surface area (Å²) in [5.74, 6) is 0.940. The fraction of sp³-hybridized carbons (Fsp3) is 0.188. The molecule has 28 heavy (non-hydrogen) atoms. The van der Waals surface area contributed by atoms with Crippen molar-refractivity contribution < 1.29 is 8.42 Å². The van der Waals surface area contributed by atoms with E-state index in [9.17, 15) is 13.2 Å². The summed E-state index contributed by atoms with van der Waals surface area (Å²) in [6.45, 7) is 0. The van der Waals surface area contributed by atoms with Gasteiger partial charge in [0.2, 0.25) is 0 Å². The second-order valence-corrected chi connectivity index (χ2v) is 9.81. The maximum atomic E-state index is 12.4. The predicted octanol–water partition coefficient (Wildman–Crippen LogP) is 1.67. The number of benzene rings is 1.